The molecule has 2 heterocycles. The molecule has 1 N–H and O–H groups in total. The summed E-state index contributed by atoms with van der Waals surface area (Å²) >= 11 is 0. The minimum Gasteiger partial charge on any atom is -0.429 e. The third kappa shape index (κ3) is 1.21. The number of ether oxygens (including phenoxy) is 3. The van der Waals surface area contributed by atoms with Crippen LogP contribution in [0.4, 0.5) is 0 Å². The average molecular weight is 296 g/mol. The van der Waals surface area contributed by atoms with Crippen LogP contribution in [0.25, 0.3) is 0 Å². The molecule has 5 nitrogen and oxygen atoms in total. The van der Waals surface area contributed by atoms with Crippen molar-refractivity contribution in [3.63, 3.8) is 0 Å². The normalized spacial score (nSPS) is 61.6. The van der Waals surface area contributed by atoms with Gasteiger partial charge >= 0.3 is 5.97 Å². The van der Waals surface area contributed by atoms with E-state index in [1.54, 1.807) is 7.11 Å². The third-order valence-corrected chi connectivity index (χ3v) is 7.10. The van der Waals surface area contributed by atoms with E-state index in [2.05, 4.69) is 13.8 Å². The molecule has 2 aliphatic heterocycles. The number of rotatable bonds is 1. The maximum Gasteiger partial charge on any atom is 0.314 e. The molecule has 2 aliphatic carbocycles. The second kappa shape index (κ2) is 3.63. The van der Waals surface area contributed by atoms with Gasteiger partial charge in [0, 0.05) is 18.9 Å². The quantitative estimate of drug-likeness (QED) is 0.588. The summed E-state index contributed by atoms with van der Waals surface area (Å²) in [7, 11) is 1.65. The standard InChI is InChI=1S/C16H24O5/c1-9-6-5-7-14(18)8-15-16(21-15,10(2)11(17)20-15)12(19-4)13(9,14)3/h9-10,12,18H,5-8H2,1-4H3/t9-,10+,12-,13-,14-,15+,16-/m1/s1. The van der Waals surface area contributed by atoms with Crippen LogP contribution in [0.1, 0.15) is 46.5 Å². The predicted molar refractivity (Wildman–Crippen MR) is 73.3 cm³/mol. The Morgan fingerprint density at radius 3 is 2.76 bits per heavy atom. The van der Waals surface area contributed by atoms with E-state index in [4.69, 9.17) is 14.2 Å². The van der Waals surface area contributed by atoms with E-state index in [1.807, 2.05) is 6.92 Å². The lowest BCUT2D eigenvalue weighted by molar-refractivity contribution is -0.237. The molecule has 0 amide bonds. The van der Waals surface area contributed by atoms with Crippen LogP contribution < -0.4 is 0 Å². The first-order valence-electron chi connectivity index (χ1n) is 7.96. The zero-order valence-corrected chi connectivity index (χ0v) is 13.1. The molecule has 4 aliphatic rings. The summed E-state index contributed by atoms with van der Waals surface area (Å²) in [5, 5.41) is 11.4. The van der Waals surface area contributed by atoms with Crippen LogP contribution in [0, 0.1) is 17.3 Å². The minimum atomic E-state index is -0.963. The lowest BCUT2D eigenvalue weighted by Gasteiger charge is -2.59. The monoisotopic (exact) mass is 296 g/mol. The van der Waals surface area contributed by atoms with E-state index in [1.165, 1.54) is 0 Å². The molecule has 118 valence electrons. The number of carbonyl (C=O) groups excluding carboxylic acids is 1. The molecule has 0 bridgehead atoms. The molecule has 0 unspecified atom stereocenters. The van der Waals surface area contributed by atoms with Crippen LogP contribution in [0.5, 0.6) is 0 Å². The van der Waals surface area contributed by atoms with Gasteiger partial charge in [0.25, 0.3) is 0 Å². The van der Waals surface area contributed by atoms with Gasteiger partial charge in [-0.05, 0) is 25.7 Å². The Labute approximate surface area is 124 Å². The fraction of sp³-hybridized carbons (Fsp3) is 0.938. The van der Waals surface area contributed by atoms with Crippen molar-refractivity contribution in [1.82, 2.24) is 0 Å². The number of esters is 1. The highest BCUT2D eigenvalue weighted by molar-refractivity contribution is 5.79. The summed E-state index contributed by atoms with van der Waals surface area (Å²) < 4.78 is 17.4. The van der Waals surface area contributed by atoms with E-state index in [-0.39, 0.29) is 18.0 Å². The summed E-state index contributed by atoms with van der Waals surface area (Å²) in [4.78, 5) is 12.1. The van der Waals surface area contributed by atoms with Crippen LogP contribution in [0.15, 0.2) is 0 Å². The van der Waals surface area contributed by atoms with Gasteiger partial charge in [0.05, 0.1) is 11.5 Å². The lowest BCUT2D eigenvalue weighted by atomic mass is 9.48. The van der Waals surface area contributed by atoms with Crippen LogP contribution in [0.3, 0.4) is 0 Å². The first-order chi connectivity index (χ1) is 9.77. The number of methoxy groups -OCH3 is 1. The number of epoxide rings is 1. The molecule has 0 aromatic rings. The Kier molecular flexibility index (Phi) is 2.42. The molecular weight excluding hydrogens is 272 g/mol. The highest BCUT2D eigenvalue weighted by Gasteiger charge is 2.92. The predicted octanol–water partition coefficient (Wildman–Crippen LogP) is 1.62. The van der Waals surface area contributed by atoms with Crippen molar-refractivity contribution < 1.29 is 24.1 Å². The first-order valence-corrected chi connectivity index (χ1v) is 7.96. The Morgan fingerprint density at radius 2 is 2.10 bits per heavy atom. The van der Waals surface area contributed by atoms with Gasteiger partial charge in [0.1, 0.15) is 6.10 Å². The molecule has 0 aromatic carbocycles. The largest absolute Gasteiger partial charge is 0.429 e. The molecule has 5 heteroatoms. The van der Waals surface area contributed by atoms with E-state index in [9.17, 15) is 9.90 Å². The lowest BCUT2D eigenvalue weighted by Crippen LogP contribution is -2.69. The fourth-order valence-corrected chi connectivity index (χ4v) is 5.64. The minimum absolute atomic E-state index is 0.234. The van der Waals surface area contributed by atoms with Crippen molar-refractivity contribution in [2.75, 3.05) is 7.11 Å². The topological polar surface area (TPSA) is 68.3 Å². The van der Waals surface area contributed by atoms with Crippen molar-refractivity contribution in [3.05, 3.63) is 0 Å². The number of carbonyl (C=O) groups is 1. The van der Waals surface area contributed by atoms with Gasteiger partial charge in [-0.1, -0.05) is 20.3 Å². The Morgan fingerprint density at radius 1 is 1.38 bits per heavy atom. The molecule has 4 rings (SSSR count). The molecule has 4 fully saturated rings. The molecular formula is C16H24O5. The van der Waals surface area contributed by atoms with Crippen LogP contribution in [0.2, 0.25) is 0 Å². The van der Waals surface area contributed by atoms with Crippen LogP contribution in [-0.2, 0) is 19.0 Å². The second-order valence-corrected chi connectivity index (χ2v) is 7.69. The molecule has 2 saturated carbocycles. The van der Waals surface area contributed by atoms with Gasteiger partial charge in [0.15, 0.2) is 5.60 Å². The molecule has 21 heavy (non-hydrogen) atoms. The van der Waals surface area contributed by atoms with Crippen molar-refractivity contribution >= 4 is 5.97 Å². The number of hydrogen-bond acceptors (Lipinski definition) is 5. The smallest absolute Gasteiger partial charge is 0.314 e. The molecule has 0 aromatic heterocycles. The molecule has 2 saturated heterocycles. The van der Waals surface area contributed by atoms with Crippen LogP contribution in [-0.4, -0.2) is 41.3 Å². The van der Waals surface area contributed by atoms with Gasteiger partial charge < -0.3 is 19.3 Å². The average Bonchev–Trinajstić information content (AvgIpc) is 2.99. The van der Waals surface area contributed by atoms with E-state index in [0.717, 1.165) is 12.8 Å². The zero-order valence-electron chi connectivity index (χ0n) is 13.1. The highest BCUT2D eigenvalue weighted by atomic mass is 16.8. The van der Waals surface area contributed by atoms with Gasteiger partial charge in [0.2, 0.25) is 5.79 Å². The van der Waals surface area contributed by atoms with Crippen molar-refractivity contribution in [2.24, 2.45) is 17.3 Å². The zero-order chi connectivity index (χ0) is 15.3. The molecule has 0 radical (unpaired) electrons. The second-order valence-electron chi connectivity index (χ2n) is 7.69. The molecule has 7 atom stereocenters. The Bertz CT molecular complexity index is 521. The van der Waals surface area contributed by atoms with E-state index < -0.39 is 22.4 Å². The van der Waals surface area contributed by atoms with E-state index >= 15 is 0 Å². The number of fused-ring (bicyclic) bond motifs is 1. The van der Waals surface area contributed by atoms with Crippen molar-refractivity contribution in [1.29, 1.82) is 0 Å². The van der Waals surface area contributed by atoms with Crippen molar-refractivity contribution in [2.45, 2.75) is 69.5 Å². The summed E-state index contributed by atoms with van der Waals surface area (Å²) in [6.07, 6.45) is 2.79. The first kappa shape index (κ1) is 14.0. The third-order valence-electron chi connectivity index (χ3n) is 7.10. The fourth-order valence-electron chi connectivity index (χ4n) is 5.64. The maximum atomic E-state index is 12.1. The Balaban J connectivity index is 1.88. The highest BCUT2D eigenvalue weighted by Crippen LogP contribution is 2.74. The summed E-state index contributed by atoms with van der Waals surface area (Å²) in [5.41, 5.74) is -2.05. The van der Waals surface area contributed by atoms with Gasteiger partial charge in [-0.15, -0.1) is 0 Å². The van der Waals surface area contributed by atoms with Gasteiger partial charge in [-0.2, -0.15) is 0 Å². The molecule has 0 spiro atoms. The number of hydrogen-bond donors (Lipinski definition) is 1. The SMILES string of the molecule is CO[C@@H]1[C@@]2(C)[C@H](C)CCC[C@@]2(O)C[C@@]23OC(=O)[C@H](C)[C@@]12O3. The van der Waals surface area contributed by atoms with Gasteiger partial charge in [-0.25, -0.2) is 0 Å². The van der Waals surface area contributed by atoms with Crippen LogP contribution >= 0.6 is 0 Å². The van der Waals surface area contributed by atoms with Gasteiger partial charge in [-0.3, -0.25) is 4.79 Å². The maximum absolute atomic E-state index is 12.1. The summed E-state index contributed by atoms with van der Waals surface area (Å²) in [6.45, 7) is 6.12. The Hall–Kier alpha value is -0.650. The number of aliphatic hydroxyl groups is 1. The van der Waals surface area contributed by atoms with E-state index in [0.29, 0.717) is 18.8 Å². The summed E-state index contributed by atoms with van der Waals surface area (Å²) in [6, 6.07) is 0. The summed E-state index contributed by atoms with van der Waals surface area (Å²) in [5.74, 6) is -1.24. The van der Waals surface area contributed by atoms with Crippen molar-refractivity contribution in [3.8, 4) is 0 Å².